The maximum absolute atomic E-state index is 12.8. The molecule has 0 spiro atoms. The summed E-state index contributed by atoms with van der Waals surface area (Å²) in [5.74, 6) is 1.31. The minimum Gasteiger partial charge on any atom is -0.383 e. The van der Waals surface area contributed by atoms with Crippen molar-refractivity contribution < 1.29 is 4.79 Å². The fourth-order valence-corrected chi connectivity index (χ4v) is 4.17. The van der Waals surface area contributed by atoms with Crippen LogP contribution >= 0.6 is 23.2 Å². The van der Waals surface area contributed by atoms with Crippen LogP contribution in [0.2, 0.25) is 10.0 Å². The standard InChI is InChI=1S/C21H19Cl2N7O/c22-14-6-17-18(7-15(14)23)28-19(27-17)9-29-3-4-30(20(31)10-29)8-12-1-2-13-16(5-12)25-11-26-21(13)24/h1-2,5-7,11H,3-4,8-10H2,(H,27,28)(H2,24,25,26). The second-order valence-electron chi connectivity index (χ2n) is 7.60. The smallest absolute Gasteiger partial charge is 0.237 e. The normalized spacial score (nSPS) is 15.3. The van der Waals surface area contributed by atoms with Crippen LogP contribution in [0.4, 0.5) is 5.82 Å². The second-order valence-corrected chi connectivity index (χ2v) is 8.42. The summed E-state index contributed by atoms with van der Waals surface area (Å²) in [5, 5.41) is 1.77. The first kappa shape index (κ1) is 20.0. The number of fused-ring (bicyclic) bond motifs is 2. The molecule has 8 nitrogen and oxygen atoms in total. The molecule has 3 N–H and O–H groups in total. The SMILES string of the molecule is Nc1ncnc2cc(CN3CCN(Cc4nc5cc(Cl)c(Cl)cc5[nH]4)CC3=O)ccc12. The van der Waals surface area contributed by atoms with Crippen LogP contribution in [0.5, 0.6) is 0 Å². The molecule has 3 heterocycles. The number of nitrogens with one attached hydrogen (secondary N) is 1. The van der Waals surface area contributed by atoms with Gasteiger partial charge in [-0.15, -0.1) is 0 Å². The minimum absolute atomic E-state index is 0.0794. The predicted octanol–water partition coefficient (Wildman–Crippen LogP) is 3.24. The molecule has 0 bridgehead atoms. The van der Waals surface area contributed by atoms with E-state index in [2.05, 4.69) is 24.8 Å². The summed E-state index contributed by atoms with van der Waals surface area (Å²) < 4.78 is 0. The maximum Gasteiger partial charge on any atom is 0.237 e. The van der Waals surface area contributed by atoms with Gasteiger partial charge >= 0.3 is 0 Å². The number of piperazine rings is 1. The number of H-pyrrole nitrogens is 1. The van der Waals surface area contributed by atoms with Crippen LogP contribution in [0.3, 0.4) is 0 Å². The van der Waals surface area contributed by atoms with E-state index in [1.54, 1.807) is 12.1 Å². The van der Waals surface area contributed by atoms with E-state index >= 15 is 0 Å². The number of carbonyl (C=O) groups is 1. The van der Waals surface area contributed by atoms with Gasteiger partial charge in [-0.1, -0.05) is 29.3 Å². The van der Waals surface area contributed by atoms with Gasteiger partial charge < -0.3 is 15.6 Å². The zero-order valence-corrected chi connectivity index (χ0v) is 18.0. The Hall–Kier alpha value is -2.94. The molecule has 1 amide bonds. The molecule has 0 unspecified atom stereocenters. The van der Waals surface area contributed by atoms with Crippen molar-refractivity contribution in [3.63, 3.8) is 0 Å². The topological polar surface area (TPSA) is 104 Å². The average Bonchev–Trinajstić information content (AvgIpc) is 3.11. The van der Waals surface area contributed by atoms with Gasteiger partial charge in [0.15, 0.2) is 0 Å². The highest BCUT2D eigenvalue weighted by Gasteiger charge is 2.25. The highest BCUT2D eigenvalue weighted by Crippen LogP contribution is 2.27. The van der Waals surface area contributed by atoms with Crippen molar-refractivity contribution in [2.75, 3.05) is 25.4 Å². The summed E-state index contributed by atoms with van der Waals surface area (Å²) in [6.45, 7) is 2.82. The minimum atomic E-state index is 0.0794. The number of anilines is 1. The van der Waals surface area contributed by atoms with Gasteiger partial charge in [0.1, 0.15) is 18.0 Å². The summed E-state index contributed by atoms with van der Waals surface area (Å²) in [7, 11) is 0. The Bertz CT molecular complexity index is 1270. The van der Waals surface area contributed by atoms with Gasteiger partial charge in [0, 0.05) is 25.0 Å². The van der Waals surface area contributed by atoms with Crippen molar-refractivity contribution in [3.05, 3.63) is 58.1 Å². The summed E-state index contributed by atoms with van der Waals surface area (Å²) in [6, 6.07) is 9.33. The maximum atomic E-state index is 12.8. The molecule has 1 fully saturated rings. The fourth-order valence-electron chi connectivity index (χ4n) is 3.85. The molecule has 0 radical (unpaired) electrons. The molecule has 10 heteroatoms. The molecular weight excluding hydrogens is 437 g/mol. The van der Waals surface area contributed by atoms with Gasteiger partial charge in [-0.2, -0.15) is 0 Å². The van der Waals surface area contributed by atoms with Crippen LogP contribution in [-0.4, -0.2) is 55.3 Å². The van der Waals surface area contributed by atoms with Gasteiger partial charge in [0.2, 0.25) is 5.91 Å². The van der Waals surface area contributed by atoms with E-state index in [0.717, 1.165) is 39.9 Å². The van der Waals surface area contributed by atoms with E-state index in [4.69, 9.17) is 28.9 Å². The number of benzene rings is 2. The van der Waals surface area contributed by atoms with Gasteiger partial charge in [-0.25, -0.2) is 15.0 Å². The number of hydrogen-bond donors (Lipinski definition) is 2. The Morgan fingerprint density at radius 2 is 1.87 bits per heavy atom. The van der Waals surface area contributed by atoms with Crippen molar-refractivity contribution in [1.82, 2.24) is 29.7 Å². The highest BCUT2D eigenvalue weighted by atomic mass is 35.5. The lowest BCUT2D eigenvalue weighted by Crippen LogP contribution is -2.49. The second kappa shape index (κ2) is 7.96. The summed E-state index contributed by atoms with van der Waals surface area (Å²) >= 11 is 12.1. The largest absolute Gasteiger partial charge is 0.383 e. The van der Waals surface area contributed by atoms with Crippen molar-refractivity contribution in [3.8, 4) is 0 Å². The van der Waals surface area contributed by atoms with Crippen LogP contribution in [0.25, 0.3) is 21.9 Å². The van der Waals surface area contributed by atoms with E-state index < -0.39 is 0 Å². The molecule has 0 saturated carbocycles. The lowest BCUT2D eigenvalue weighted by molar-refractivity contribution is -0.136. The third-order valence-electron chi connectivity index (χ3n) is 5.45. The number of nitrogens with zero attached hydrogens (tertiary/aromatic N) is 5. The molecule has 2 aromatic heterocycles. The summed E-state index contributed by atoms with van der Waals surface area (Å²) in [6.07, 6.45) is 1.45. The number of amides is 1. The quantitative estimate of drug-likeness (QED) is 0.489. The molecule has 0 aliphatic carbocycles. The van der Waals surface area contributed by atoms with Crippen LogP contribution in [0.1, 0.15) is 11.4 Å². The molecule has 1 aliphatic heterocycles. The van der Waals surface area contributed by atoms with Crippen molar-refractivity contribution >= 4 is 56.9 Å². The third-order valence-corrected chi connectivity index (χ3v) is 6.17. The van der Waals surface area contributed by atoms with E-state index in [9.17, 15) is 4.79 Å². The summed E-state index contributed by atoms with van der Waals surface area (Å²) in [5.41, 5.74) is 9.27. The Balaban J connectivity index is 1.25. The molecule has 1 aliphatic rings. The number of nitrogen functional groups attached to an aromatic ring is 1. The van der Waals surface area contributed by atoms with E-state index in [0.29, 0.717) is 42.0 Å². The number of aromatic nitrogens is 4. The first-order valence-electron chi connectivity index (χ1n) is 9.79. The molecule has 4 aromatic rings. The molecule has 2 aromatic carbocycles. The number of nitrogens with two attached hydrogens (primary N) is 1. The molecule has 158 valence electrons. The average molecular weight is 456 g/mol. The fraction of sp³-hybridized carbons (Fsp3) is 0.238. The first-order valence-corrected chi connectivity index (χ1v) is 10.5. The molecule has 0 atom stereocenters. The van der Waals surface area contributed by atoms with Crippen LogP contribution in [-0.2, 0) is 17.9 Å². The molecule has 1 saturated heterocycles. The van der Waals surface area contributed by atoms with Crippen molar-refractivity contribution in [1.29, 1.82) is 0 Å². The van der Waals surface area contributed by atoms with Crippen LogP contribution < -0.4 is 5.73 Å². The van der Waals surface area contributed by atoms with Gasteiger partial charge in [0.25, 0.3) is 0 Å². The van der Waals surface area contributed by atoms with Crippen molar-refractivity contribution in [2.24, 2.45) is 0 Å². The van der Waals surface area contributed by atoms with Crippen molar-refractivity contribution in [2.45, 2.75) is 13.1 Å². The lowest BCUT2D eigenvalue weighted by Gasteiger charge is -2.34. The number of imidazole rings is 1. The molecule has 31 heavy (non-hydrogen) atoms. The number of carbonyl (C=O) groups excluding carboxylic acids is 1. The third kappa shape index (κ3) is 4.01. The van der Waals surface area contributed by atoms with Gasteiger partial charge in [-0.3, -0.25) is 9.69 Å². The predicted molar refractivity (Wildman–Crippen MR) is 121 cm³/mol. The van der Waals surface area contributed by atoms with Gasteiger partial charge in [-0.05, 0) is 29.8 Å². The summed E-state index contributed by atoms with van der Waals surface area (Å²) in [4.78, 5) is 32.8. The Kier molecular flexibility index (Phi) is 5.13. The number of hydrogen-bond acceptors (Lipinski definition) is 6. The number of aromatic amines is 1. The Labute approximate surface area is 188 Å². The molecule has 5 rings (SSSR count). The van der Waals surface area contributed by atoms with E-state index in [-0.39, 0.29) is 5.91 Å². The monoisotopic (exact) mass is 455 g/mol. The first-order chi connectivity index (χ1) is 15.0. The Morgan fingerprint density at radius 1 is 1.03 bits per heavy atom. The van der Waals surface area contributed by atoms with E-state index in [1.807, 2.05) is 23.1 Å². The number of halogens is 2. The lowest BCUT2D eigenvalue weighted by atomic mass is 10.1. The van der Waals surface area contributed by atoms with Crippen LogP contribution in [0, 0.1) is 0 Å². The van der Waals surface area contributed by atoms with Gasteiger partial charge in [0.05, 0.1) is 39.7 Å². The zero-order valence-electron chi connectivity index (χ0n) is 16.5. The highest BCUT2D eigenvalue weighted by molar-refractivity contribution is 6.42. The number of rotatable bonds is 4. The zero-order chi connectivity index (χ0) is 21.5. The Morgan fingerprint density at radius 3 is 2.71 bits per heavy atom. The van der Waals surface area contributed by atoms with Crippen LogP contribution in [0.15, 0.2) is 36.7 Å². The molecular formula is C21H19Cl2N7O. The van der Waals surface area contributed by atoms with E-state index in [1.165, 1.54) is 6.33 Å².